The Balaban J connectivity index is 1.65. The van der Waals surface area contributed by atoms with E-state index in [1.165, 1.54) is 6.92 Å². The van der Waals surface area contributed by atoms with Crippen LogP contribution in [0.1, 0.15) is 69.3 Å². The third-order valence-electron chi connectivity index (χ3n) is 5.17. The molecule has 8 nitrogen and oxygen atoms in total. The lowest BCUT2D eigenvalue weighted by atomic mass is 9.81. The minimum atomic E-state index is -0.558. The lowest BCUT2D eigenvalue weighted by Crippen LogP contribution is -2.47. The Hall–Kier alpha value is -2.51. The van der Waals surface area contributed by atoms with Gasteiger partial charge in [-0.2, -0.15) is 10.1 Å². The van der Waals surface area contributed by atoms with Crippen molar-refractivity contribution < 1.29 is 14.1 Å². The molecule has 2 fully saturated rings. The highest BCUT2D eigenvalue weighted by Crippen LogP contribution is 2.43. The predicted molar refractivity (Wildman–Crippen MR) is 92.4 cm³/mol. The molecule has 0 aliphatic heterocycles. The van der Waals surface area contributed by atoms with Crippen LogP contribution in [0, 0.1) is 0 Å². The summed E-state index contributed by atoms with van der Waals surface area (Å²) in [4.78, 5) is 16.3. The minimum Gasteiger partial charge on any atom is -0.495 e. The summed E-state index contributed by atoms with van der Waals surface area (Å²) in [7, 11) is 1.62. The van der Waals surface area contributed by atoms with E-state index in [-0.39, 0.29) is 5.91 Å². The third-order valence-corrected chi connectivity index (χ3v) is 5.17. The number of amides is 1. The molecule has 2 heterocycles. The molecule has 1 N–H and O–H groups in total. The quantitative estimate of drug-likeness (QED) is 0.877. The van der Waals surface area contributed by atoms with E-state index in [1.54, 1.807) is 13.2 Å². The molecule has 0 radical (unpaired) electrons. The molecule has 0 saturated heterocycles. The molecule has 0 atom stereocenters. The Bertz CT molecular complexity index is 809. The first kappa shape index (κ1) is 16.9. The molecule has 0 aromatic carbocycles. The number of aromatic nitrogens is 4. The zero-order valence-corrected chi connectivity index (χ0v) is 15.1. The molecule has 8 heteroatoms. The van der Waals surface area contributed by atoms with Crippen molar-refractivity contribution >= 4 is 5.91 Å². The number of carbonyl (C=O) groups is 1. The Morgan fingerprint density at radius 2 is 2.04 bits per heavy atom. The van der Waals surface area contributed by atoms with Crippen LogP contribution in [0.3, 0.4) is 0 Å². The zero-order chi connectivity index (χ0) is 18.1. The summed E-state index contributed by atoms with van der Waals surface area (Å²) in [6.45, 7) is 1.52. The van der Waals surface area contributed by atoms with Gasteiger partial charge in [-0.25, -0.2) is 0 Å². The van der Waals surface area contributed by atoms with Crippen molar-refractivity contribution in [1.82, 2.24) is 25.7 Å². The summed E-state index contributed by atoms with van der Waals surface area (Å²) < 4.78 is 10.9. The molecule has 2 aliphatic carbocycles. The normalized spacial score (nSPS) is 19.2. The summed E-state index contributed by atoms with van der Waals surface area (Å²) in [5.41, 5.74) is 0.814. The largest absolute Gasteiger partial charge is 0.495 e. The van der Waals surface area contributed by atoms with Crippen LogP contribution in [0.4, 0.5) is 0 Å². The van der Waals surface area contributed by atoms with Crippen molar-refractivity contribution in [2.75, 3.05) is 7.11 Å². The van der Waals surface area contributed by atoms with Crippen LogP contribution in [-0.4, -0.2) is 33.4 Å². The maximum absolute atomic E-state index is 11.7. The molecule has 2 aliphatic rings. The first-order valence-corrected chi connectivity index (χ1v) is 9.16. The van der Waals surface area contributed by atoms with Crippen LogP contribution in [0.2, 0.25) is 0 Å². The van der Waals surface area contributed by atoms with Crippen molar-refractivity contribution in [1.29, 1.82) is 0 Å². The molecule has 4 rings (SSSR count). The Labute approximate surface area is 151 Å². The van der Waals surface area contributed by atoms with E-state index in [4.69, 9.17) is 9.26 Å². The van der Waals surface area contributed by atoms with Gasteiger partial charge in [-0.05, 0) is 25.7 Å². The fraction of sp³-hybridized carbons (Fsp3) is 0.611. The lowest BCUT2D eigenvalue weighted by molar-refractivity contribution is -0.121. The van der Waals surface area contributed by atoms with E-state index in [0.717, 1.165) is 50.6 Å². The van der Waals surface area contributed by atoms with Crippen LogP contribution in [0.15, 0.2) is 10.6 Å². The fourth-order valence-corrected chi connectivity index (χ4v) is 3.71. The highest BCUT2D eigenvalue weighted by atomic mass is 16.5. The van der Waals surface area contributed by atoms with Gasteiger partial charge in [0.2, 0.25) is 5.91 Å². The fourth-order valence-electron chi connectivity index (χ4n) is 3.71. The molecule has 26 heavy (non-hydrogen) atoms. The minimum absolute atomic E-state index is 0.0894. The van der Waals surface area contributed by atoms with E-state index in [1.807, 2.05) is 0 Å². The molecule has 138 valence electrons. The van der Waals surface area contributed by atoms with Gasteiger partial charge in [-0.3, -0.25) is 4.79 Å². The van der Waals surface area contributed by atoms with E-state index >= 15 is 0 Å². The van der Waals surface area contributed by atoms with Crippen LogP contribution in [-0.2, 0) is 10.3 Å². The first-order valence-electron chi connectivity index (χ1n) is 9.16. The van der Waals surface area contributed by atoms with Gasteiger partial charge in [0, 0.05) is 18.9 Å². The molecule has 0 bridgehead atoms. The maximum atomic E-state index is 11.7. The van der Waals surface area contributed by atoms with E-state index < -0.39 is 5.54 Å². The van der Waals surface area contributed by atoms with Crippen LogP contribution in [0.5, 0.6) is 5.75 Å². The summed E-state index contributed by atoms with van der Waals surface area (Å²) >= 11 is 0. The number of hydrogen-bond acceptors (Lipinski definition) is 7. The van der Waals surface area contributed by atoms with Gasteiger partial charge in [0.15, 0.2) is 11.5 Å². The molecule has 2 aromatic rings. The van der Waals surface area contributed by atoms with Gasteiger partial charge >= 0.3 is 0 Å². The van der Waals surface area contributed by atoms with Gasteiger partial charge in [0.25, 0.3) is 5.89 Å². The van der Waals surface area contributed by atoms with E-state index in [9.17, 15) is 4.79 Å². The van der Waals surface area contributed by atoms with Crippen LogP contribution >= 0.6 is 0 Å². The lowest BCUT2D eigenvalue weighted by Gasteiger charge is -2.34. The molecule has 0 unspecified atom stereocenters. The van der Waals surface area contributed by atoms with Crippen molar-refractivity contribution in [2.45, 2.75) is 63.3 Å². The maximum Gasteiger partial charge on any atom is 0.278 e. The standard InChI is InChI=1S/C18H23N5O3/c1-11(24)20-18(8-4-3-5-9-18)17-19-16(26-23-17)13-10-14(25-2)15(22-21-13)12-6-7-12/h10,12H,3-9H2,1-2H3,(H,20,24). The molecular formula is C18H23N5O3. The highest BCUT2D eigenvalue weighted by Gasteiger charge is 2.39. The van der Waals surface area contributed by atoms with Crippen molar-refractivity contribution in [3.8, 4) is 17.3 Å². The highest BCUT2D eigenvalue weighted by molar-refractivity contribution is 5.74. The first-order chi connectivity index (χ1) is 12.6. The van der Waals surface area contributed by atoms with Gasteiger partial charge in [-0.15, -0.1) is 5.10 Å². The van der Waals surface area contributed by atoms with Gasteiger partial charge in [0.05, 0.1) is 7.11 Å². The second-order valence-corrected chi connectivity index (χ2v) is 7.20. The molecular weight excluding hydrogens is 334 g/mol. The number of methoxy groups -OCH3 is 1. The van der Waals surface area contributed by atoms with Gasteiger partial charge in [0.1, 0.15) is 17.0 Å². The van der Waals surface area contributed by atoms with Gasteiger partial charge < -0.3 is 14.6 Å². The second kappa shape index (κ2) is 6.66. The Morgan fingerprint density at radius 1 is 1.27 bits per heavy atom. The Morgan fingerprint density at radius 3 is 2.69 bits per heavy atom. The number of hydrogen-bond donors (Lipinski definition) is 1. The van der Waals surface area contributed by atoms with Crippen molar-refractivity contribution in [2.24, 2.45) is 0 Å². The van der Waals surface area contributed by atoms with Crippen molar-refractivity contribution in [3.05, 3.63) is 17.6 Å². The van der Waals surface area contributed by atoms with E-state index in [2.05, 4.69) is 25.7 Å². The average molecular weight is 357 g/mol. The Kier molecular flexibility index (Phi) is 4.34. The third kappa shape index (κ3) is 3.15. The number of rotatable bonds is 5. The monoisotopic (exact) mass is 357 g/mol. The van der Waals surface area contributed by atoms with Crippen LogP contribution in [0.25, 0.3) is 11.6 Å². The molecule has 2 saturated carbocycles. The number of ether oxygens (including phenoxy) is 1. The summed E-state index contributed by atoms with van der Waals surface area (Å²) in [6, 6.07) is 1.80. The second-order valence-electron chi connectivity index (χ2n) is 7.20. The van der Waals surface area contributed by atoms with Crippen molar-refractivity contribution in [3.63, 3.8) is 0 Å². The number of nitrogens with one attached hydrogen (secondary N) is 1. The molecule has 0 spiro atoms. The smallest absolute Gasteiger partial charge is 0.278 e. The summed E-state index contributed by atoms with van der Waals surface area (Å²) in [6.07, 6.45) is 7.05. The zero-order valence-electron chi connectivity index (χ0n) is 15.1. The number of carbonyl (C=O) groups excluding carboxylic acids is 1. The summed E-state index contributed by atoms with van der Waals surface area (Å²) in [5.74, 6) is 1.85. The molecule has 2 aromatic heterocycles. The predicted octanol–water partition coefficient (Wildman–Crippen LogP) is 2.71. The summed E-state index contributed by atoms with van der Waals surface area (Å²) in [5, 5.41) is 15.8. The van der Waals surface area contributed by atoms with E-state index in [0.29, 0.717) is 29.1 Å². The van der Waals surface area contributed by atoms with Crippen LogP contribution < -0.4 is 10.1 Å². The topological polar surface area (TPSA) is 103 Å². The van der Waals surface area contributed by atoms with Gasteiger partial charge in [-0.1, -0.05) is 24.4 Å². The average Bonchev–Trinajstić information content (AvgIpc) is 3.36. The SMILES string of the molecule is COc1cc(-c2nc(C3(NC(C)=O)CCCCC3)no2)nnc1C1CC1. The molecule has 1 amide bonds. The number of nitrogens with zero attached hydrogens (tertiary/aromatic N) is 4.